The second kappa shape index (κ2) is 11.7. The van der Waals surface area contributed by atoms with Gasteiger partial charge in [-0.15, -0.1) is 0 Å². The van der Waals surface area contributed by atoms with Crippen molar-refractivity contribution < 1.29 is 13.5 Å². The SMILES string of the molecule is CCCCc1cc2c3c4[n+](ccc3c1)C(CC)(CCCc1ccccc1-c1cccc[n+]1C)C(C)(CC)c1ccc(F)c(c1-4)C2(C)C. The van der Waals surface area contributed by atoms with Gasteiger partial charge in [-0.05, 0) is 84.9 Å². The topological polar surface area (TPSA) is 7.76 Å². The van der Waals surface area contributed by atoms with Crippen LogP contribution in [0.15, 0.2) is 85.2 Å². The molecule has 1 aliphatic carbocycles. The summed E-state index contributed by atoms with van der Waals surface area (Å²) in [5, 5.41) is 2.62. The van der Waals surface area contributed by atoms with Crippen LogP contribution in [0, 0.1) is 5.82 Å². The first-order valence-electron chi connectivity index (χ1n) is 18.0. The lowest BCUT2D eigenvalue weighted by atomic mass is 9.55. The predicted octanol–water partition coefficient (Wildman–Crippen LogP) is 10.2. The molecular formula is C44H51FN2+2. The number of pyridine rings is 2. The molecule has 2 atom stereocenters. The fraction of sp³-hybridized carbons (Fsp3) is 0.409. The van der Waals surface area contributed by atoms with E-state index < -0.39 is 5.41 Å². The molecule has 2 aromatic heterocycles. The smallest absolute Gasteiger partial charge is 0.207 e. The van der Waals surface area contributed by atoms with E-state index in [1.165, 1.54) is 62.8 Å². The Morgan fingerprint density at radius 1 is 0.766 bits per heavy atom. The lowest BCUT2D eigenvalue weighted by Crippen LogP contribution is -2.69. The third-order valence-electron chi connectivity index (χ3n) is 12.4. The van der Waals surface area contributed by atoms with Crippen molar-refractivity contribution in [1.29, 1.82) is 0 Å². The average Bonchev–Trinajstić information content (AvgIpc) is 3.07. The number of aromatic nitrogens is 2. The van der Waals surface area contributed by atoms with Crippen molar-refractivity contribution in [2.45, 2.75) is 109 Å². The standard InChI is InChI=1S/C44H51FN2/c1-8-11-17-30-28-32-24-27-47-41-38(32)35(29-30)42(4,5)40-36(45)23-22-34(39(40)41)43(6,9-2)44(47,10-3)25-16-19-31-18-12-13-20-33(31)37-21-14-15-26-46(37)7/h12-15,18,20-24,26-29H,8-11,16-17,19,25H2,1-7H3/q+2. The Morgan fingerprint density at radius 3 is 2.30 bits per heavy atom. The number of nitrogens with zero attached hydrogens (tertiary/aromatic N) is 2. The van der Waals surface area contributed by atoms with E-state index in [-0.39, 0.29) is 16.8 Å². The molecule has 2 aliphatic rings. The van der Waals surface area contributed by atoms with Gasteiger partial charge in [-0.1, -0.05) is 77.4 Å². The molecule has 0 spiro atoms. The quantitative estimate of drug-likeness (QED) is 0.136. The maximum Gasteiger partial charge on any atom is 0.221 e. The Labute approximate surface area is 281 Å². The molecule has 2 nitrogen and oxygen atoms in total. The molecule has 3 heteroatoms. The van der Waals surface area contributed by atoms with Crippen LogP contribution in [-0.4, -0.2) is 0 Å². The molecule has 5 aromatic rings. The van der Waals surface area contributed by atoms with Crippen molar-refractivity contribution in [2.24, 2.45) is 7.05 Å². The maximum atomic E-state index is 16.3. The van der Waals surface area contributed by atoms with E-state index >= 15 is 4.39 Å². The van der Waals surface area contributed by atoms with E-state index in [4.69, 9.17) is 0 Å². The number of aryl methyl sites for hydroxylation is 3. The molecule has 47 heavy (non-hydrogen) atoms. The summed E-state index contributed by atoms with van der Waals surface area (Å²) in [4.78, 5) is 0. The number of hydrogen-bond donors (Lipinski definition) is 0. The zero-order valence-electron chi connectivity index (χ0n) is 29.5. The Hall–Kier alpha value is -3.85. The molecule has 1 aliphatic heterocycles. The Kier molecular flexibility index (Phi) is 7.89. The van der Waals surface area contributed by atoms with E-state index in [0.717, 1.165) is 49.7 Å². The summed E-state index contributed by atoms with van der Waals surface area (Å²) in [6.07, 6.45) is 13.0. The van der Waals surface area contributed by atoms with E-state index in [1.807, 2.05) is 0 Å². The van der Waals surface area contributed by atoms with Crippen LogP contribution in [0.1, 0.15) is 108 Å². The number of benzene rings is 3. The van der Waals surface area contributed by atoms with Gasteiger partial charge in [0.05, 0.1) is 16.4 Å². The number of hydrogen-bond acceptors (Lipinski definition) is 0. The highest BCUT2D eigenvalue weighted by Crippen LogP contribution is 2.58. The Morgan fingerprint density at radius 2 is 1.55 bits per heavy atom. The molecular weight excluding hydrogens is 575 g/mol. The summed E-state index contributed by atoms with van der Waals surface area (Å²) >= 11 is 0. The molecule has 7 rings (SSSR count). The summed E-state index contributed by atoms with van der Waals surface area (Å²) in [7, 11) is 2.13. The highest BCUT2D eigenvalue weighted by atomic mass is 19.1. The lowest BCUT2D eigenvalue weighted by molar-refractivity contribution is -0.769. The molecule has 242 valence electrons. The molecule has 0 bridgehead atoms. The van der Waals surface area contributed by atoms with Gasteiger partial charge in [-0.25, -0.2) is 8.96 Å². The second-order valence-corrected chi connectivity index (χ2v) is 15.0. The molecule has 3 heterocycles. The van der Waals surface area contributed by atoms with Crippen LogP contribution in [0.3, 0.4) is 0 Å². The number of unbranched alkanes of at least 4 members (excludes halogenated alkanes) is 1. The highest BCUT2D eigenvalue weighted by molar-refractivity contribution is 6.01. The number of halogens is 1. The summed E-state index contributed by atoms with van der Waals surface area (Å²) in [6.45, 7) is 13.9. The monoisotopic (exact) mass is 626 g/mol. The molecule has 0 saturated heterocycles. The Balaban J connectivity index is 1.41. The van der Waals surface area contributed by atoms with Crippen LogP contribution in [-0.2, 0) is 36.3 Å². The first-order chi connectivity index (χ1) is 22.6. The molecule has 2 unspecified atom stereocenters. The molecule has 3 aromatic carbocycles. The van der Waals surface area contributed by atoms with Gasteiger partial charge < -0.3 is 0 Å². The minimum atomic E-state index is -0.430. The fourth-order valence-corrected chi connectivity index (χ4v) is 9.65. The number of rotatable bonds is 10. The van der Waals surface area contributed by atoms with Gasteiger partial charge in [0.25, 0.3) is 0 Å². The zero-order valence-corrected chi connectivity index (χ0v) is 29.5. The largest absolute Gasteiger partial charge is 0.221 e. The van der Waals surface area contributed by atoms with Crippen LogP contribution in [0.2, 0.25) is 0 Å². The van der Waals surface area contributed by atoms with Crippen LogP contribution in [0.25, 0.3) is 33.3 Å². The summed E-state index contributed by atoms with van der Waals surface area (Å²) in [5.74, 6) is -0.0740. The average molecular weight is 627 g/mol. The second-order valence-electron chi connectivity index (χ2n) is 15.0. The third-order valence-corrected chi connectivity index (χ3v) is 12.4. The van der Waals surface area contributed by atoms with Crippen molar-refractivity contribution in [3.63, 3.8) is 0 Å². The van der Waals surface area contributed by atoms with Gasteiger partial charge in [-0.2, -0.15) is 4.57 Å². The summed E-state index contributed by atoms with van der Waals surface area (Å²) in [5.41, 5.74) is 10.5. The van der Waals surface area contributed by atoms with Crippen LogP contribution in [0.5, 0.6) is 0 Å². The summed E-state index contributed by atoms with van der Waals surface area (Å²) in [6, 6.07) is 26.5. The molecule has 0 saturated carbocycles. The van der Waals surface area contributed by atoms with E-state index in [1.54, 1.807) is 6.07 Å². The fourth-order valence-electron chi connectivity index (χ4n) is 9.65. The maximum absolute atomic E-state index is 16.3. The minimum absolute atomic E-state index is 0.0740. The van der Waals surface area contributed by atoms with E-state index in [0.29, 0.717) is 0 Å². The molecule has 0 amide bonds. The van der Waals surface area contributed by atoms with Crippen LogP contribution < -0.4 is 9.13 Å². The van der Waals surface area contributed by atoms with Crippen molar-refractivity contribution in [3.8, 4) is 22.5 Å². The first kappa shape index (κ1) is 31.7. The van der Waals surface area contributed by atoms with Crippen molar-refractivity contribution >= 4 is 10.8 Å². The van der Waals surface area contributed by atoms with Gasteiger partial charge in [0, 0.05) is 47.6 Å². The molecule has 0 fully saturated rings. The van der Waals surface area contributed by atoms with Crippen molar-refractivity contribution in [3.05, 3.63) is 119 Å². The third kappa shape index (κ3) is 4.55. The van der Waals surface area contributed by atoms with E-state index in [9.17, 15) is 0 Å². The molecule has 0 radical (unpaired) electrons. The van der Waals surface area contributed by atoms with Crippen molar-refractivity contribution in [1.82, 2.24) is 0 Å². The van der Waals surface area contributed by atoms with Gasteiger partial charge in [0.2, 0.25) is 11.4 Å². The van der Waals surface area contributed by atoms with Crippen molar-refractivity contribution in [2.75, 3.05) is 0 Å². The lowest BCUT2D eigenvalue weighted by Gasteiger charge is -2.50. The van der Waals surface area contributed by atoms with E-state index in [2.05, 4.69) is 137 Å². The zero-order chi connectivity index (χ0) is 33.1. The first-order valence-corrected chi connectivity index (χ1v) is 18.0. The van der Waals surface area contributed by atoms with Gasteiger partial charge in [0.15, 0.2) is 17.9 Å². The van der Waals surface area contributed by atoms with Gasteiger partial charge in [-0.3, -0.25) is 0 Å². The van der Waals surface area contributed by atoms with Gasteiger partial charge >= 0.3 is 0 Å². The van der Waals surface area contributed by atoms with Crippen LogP contribution >= 0.6 is 0 Å². The van der Waals surface area contributed by atoms with Crippen LogP contribution in [0.4, 0.5) is 4.39 Å². The molecule has 0 N–H and O–H groups in total. The summed E-state index contributed by atoms with van der Waals surface area (Å²) < 4.78 is 21.2. The predicted molar refractivity (Wildman–Crippen MR) is 192 cm³/mol. The Bertz CT molecular complexity index is 2000. The normalized spacial score (nSPS) is 20.5. The van der Waals surface area contributed by atoms with Gasteiger partial charge in [0.1, 0.15) is 12.9 Å². The highest BCUT2D eigenvalue weighted by Gasteiger charge is 2.61. The minimum Gasteiger partial charge on any atom is -0.207 e.